The van der Waals surface area contributed by atoms with E-state index >= 15 is 0 Å². The van der Waals surface area contributed by atoms with E-state index < -0.39 is 0 Å². The Balaban J connectivity index is 2.01. The smallest absolute Gasteiger partial charge is 0.0424 e. The molecule has 2 nitrogen and oxygen atoms in total. The zero-order valence-corrected chi connectivity index (χ0v) is 10.6. The molecule has 16 heavy (non-hydrogen) atoms. The number of halogens is 2. The minimum atomic E-state index is 0.710. The van der Waals surface area contributed by atoms with Gasteiger partial charge in [-0.15, -0.1) is 0 Å². The van der Waals surface area contributed by atoms with Crippen molar-refractivity contribution in [1.82, 2.24) is 10.2 Å². The van der Waals surface area contributed by atoms with Crippen LogP contribution in [0.1, 0.15) is 12.0 Å². The van der Waals surface area contributed by atoms with Crippen LogP contribution in [0.15, 0.2) is 18.2 Å². The maximum absolute atomic E-state index is 5.98. The molecule has 1 saturated heterocycles. The van der Waals surface area contributed by atoms with Gasteiger partial charge < -0.3 is 0 Å². The minimum Gasteiger partial charge on any atom is -0.298 e. The highest BCUT2D eigenvalue weighted by Crippen LogP contribution is 2.20. The van der Waals surface area contributed by atoms with Crippen LogP contribution < -0.4 is 5.32 Å². The van der Waals surface area contributed by atoms with Gasteiger partial charge in [0.1, 0.15) is 0 Å². The topological polar surface area (TPSA) is 17.3 Å². The zero-order chi connectivity index (χ0) is 11.4. The monoisotopic (exact) mass is 257 g/mol. The quantitative estimate of drug-likeness (QED) is 0.797. The molecule has 1 aromatic carbocycles. The molecule has 1 aromatic rings. The number of nitrogens with zero attached hydrogens (tertiary/aromatic N) is 2. The van der Waals surface area contributed by atoms with Gasteiger partial charge in [-0.25, -0.2) is 5.32 Å². The molecule has 0 atom stereocenters. The molecule has 0 aliphatic carbocycles. The van der Waals surface area contributed by atoms with Gasteiger partial charge in [0.25, 0.3) is 0 Å². The van der Waals surface area contributed by atoms with E-state index in [1.807, 2.05) is 12.1 Å². The Bertz CT molecular complexity index is 327. The molecule has 0 aromatic heterocycles. The fraction of sp³-hybridized carbons (Fsp3) is 0.500. The first-order chi connectivity index (χ1) is 7.74. The predicted octanol–water partition coefficient (Wildman–Crippen LogP) is 2.80. The van der Waals surface area contributed by atoms with Crippen molar-refractivity contribution in [3.63, 3.8) is 0 Å². The number of benzene rings is 1. The Morgan fingerprint density at radius 1 is 1.06 bits per heavy atom. The molecule has 1 radical (unpaired) electrons. The molecule has 1 aliphatic rings. The summed E-state index contributed by atoms with van der Waals surface area (Å²) in [6.45, 7) is 4.98. The Kier molecular flexibility index (Phi) is 4.47. The molecule has 0 saturated carbocycles. The molecule has 4 heteroatoms. The van der Waals surface area contributed by atoms with Crippen LogP contribution in [0.2, 0.25) is 10.0 Å². The van der Waals surface area contributed by atoms with E-state index in [4.69, 9.17) is 23.2 Å². The van der Waals surface area contributed by atoms with Crippen molar-refractivity contribution in [1.29, 1.82) is 0 Å². The van der Waals surface area contributed by atoms with Gasteiger partial charge in [-0.3, -0.25) is 4.90 Å². The van der Waals surface area contributed by atoms with Crippen molar-refractivity contribution in [2.45, 2.75) is 13.0 Å². The third-order valence-electron chi connectivity index (χ3n) is 2.69. The lowest BCUT2D eigenvalue weighted by Gasteiger charge is -2.19. The highest BCUT2D eigenvalue weighted by atomic mass is 35.5. The van der Waals surface area contributed by atoms with Gasteiger partial charge in [0.15, 0.2) is 0 Å². The molecular formula is C12H15Cl2N2. The van der Waals surface area contributed by atoms with Crippen molar-refractivity contribution in [2.24, 2.45) is 0 Å². The summed E-state index contributed by atoms with van der Waals surface area (Å²) in [7, 11) is 0. The molecule has 1 heterocycles. The number of rotatable bonds is 2. The summed E-state index contributed by atoms with van der Waals surface area (Å²) >= 11 is 12.0. The lowest BCUT2D eigenvalue weighted by atomic mass is 10.2. The van der Waals surface area contributed by atoms with Crippen LogP contribution in [0.4, 0.5) is 0 Å². The van der Waals surface area contributed by atoms with Gasteiger partial charge in [-0.2, -0.15) is 0 Å². The molecule has 1 aliphatic heterocycles. The Morgan fingerprint density at radius 2 is 1.81 bits per heavy atom. The highest BCUT2D eigenvalue weighted by Gasteiger charge is 2.10. The lowest BCUT2D eigenvalue weighted by Crippen LogP contribution is -2.26. The van der Waals surface area contributed by atoms with Gasteiger partial charge in [-0.1, -0.05) is 23.2 Å². The van der Waals surface area contributed by atoms with Gasteiger partial charge in [0, 0.05) is 36.2 Å². The van der Waals surface area contributed by atoms with Gasteiger partial charge >= 0.3 is 0 Å². The fourth-order valence-electron chi connectivity index (χ4n) is 1.96. The van der Waals surface area contributed by atoms with E-state index in [0.717, 1.165) is 39.1 Å². The van der Waals surface area contributed by atoms with Crippen molar-refractivity contribution < 1.29 is 0 Å². The Morgan fingerprint density at radius 3 is 2.56 bits per heavy atom. The fourth-order valence-corrected chi connectivity index (χ4v) is 2.53. The third-order valence-corrected chi connectivity index (χ3v) is 3.13. The average molecular weight is 258 g/mol. The summed E-state index contributed by atoms with van der Waals surface area (Å²) < 4.78 is 0. The maximum atomic E-state index is 5.98. The summed E-state index contributed by atoms with van der Waals surface area (Å²) in [4.78, 5) is 2.40. The van der Waals surface area contributed by atoms with Crippen molar-refractivity contribution >= 4 is 23.2 Å². The van der Waals surface area contributed by atoms with E-state index in [1.54, 1.807) is 6.07 Å². The summed E-state index contributed by atoms with van der Waals surface area (Å²) in [5.74, 6) is 0. The zero-order valence-electron chi connectivity index (χ0n) is 9.13. The molecule has 0 bridgehead atoms. The van der Waals surface area contributed by atoms with Crippen molar-refractivity contribution in [2.75, 3.05) is 26.2 Å². The molecular weight excluding hydrogens is 243 g/mol. The third kappa shape index (κ3) is 3.63. The Hall–Kier alpha value is -0.280. The van der Waals surface area contributed by atoms with E-state index in [2.05, 4.69) is 10.2 Å². The highest BCUT2D eigenvalue weighted by molar-refractivity contribution is 6.34. The van der Waals surface area contributed by atoms with Crippen LogP contribution in [0.25, 0.3) is 0 Å². The summed E-state index contributed by atoms with van der Waals surface area (Å²) in [5, 5.41) is 5.82. The normalized spacial score (nSPS) is 18.4. The number of hydrogen-bond acceptors (Lipinski definition) is 1. The van der Waals surface area contributed by atoms with Crippen molar-refractivity contribution in [3.8, 4) is 0 Å². The van der Waals surface area contributed by atoms with Crippen LogP contribution in [-0.4, -0.2) is 31.1 Å². The van der Waals surface area contributed by atoms with E-state index in [9.17, 15) is 0 Å². The van der Waals surface area contributed by atoms with E-state index in [-0.39, 0.29) is 0 Å². The Labute approximate surface area is 107 Å². The second kappa shape index (κ2) is 5.87. The first-order valence-electron chi connectivity index (χ1n) is 5.54. The number of hydrogen-bond donors (Lipinski definition) is 0. The van der Waals surface area contributed by atoms with Gasteiger partial charge in [0.2, 0.25) is 0 Å². The van der Waals surface area contributed by atoms with Crippen molar-refractivity contribution in [3.05, 3.63) is 33.8 Å². The first kappa shape index (κ1) is 12.2. The molecule has 0 spiro atoms. The second-order valence-corrected chi connectivity index (χ2v) is 4.95. The lowest BCUT2D eigenvalue weighted by molar-refractivity contribution is 0.284. The van der Waals surface area contributed by atoms with E-state index in [0.29, 0.717) is 10.0 Å². The van der Waals surface area contributed by atoms with E-state index in [1.165, 1.54) is 5.56 Å². The molecule has 0 unspecified atom stereocenters. The van der Waals surface area contributed by atoms with Crippen LogP contribution in [0.5, 0.6) is 0 Å². The molecule has 0 N–H and O–H groups in total. The molecule has 0 amide bonds. The minimum absolute atomic E-state index is 0.710. The summed E-state index contributed by atoms with van der Waals surface area (Å²) in [6.07, 6.45) is 1.15. The largest absolute Gasteiger partial charge is 0.298 e. The average Bonchev–Trinajstić information content (AvgIpc) is 2.44. The van der Waals surface area contributed by atoms with Crippen LogP contribution in [0.3, 0.4) is 0 Å². The SMILES string of the molecule is Clc1cc(Cl)cc(CN2CCC[N]CC2)c1. The predicted molar refractivity (Wildman–Crippen MR) is 68.2 cm³/mol. The maximum Gasteiger partial charge on any atom is 0.0424 e. The first-order valence-corrected chi connectivity index (χ1v) is 6.30. The van der Waals surface area contributed by atoms with Crippen LogP contribution in [0, 0.1) is 0 Å². The van der Waals surface area contributed by atoms with Crippen LogP contribution in [-0.2, 0) is 6.54 Å². The molecule has 1 fully saturated rings. The summed E-state index contributed by atoms with van der Waals surface area (Å²) in [5.41, 5.74) is 1.18. The molecule has 2 rings (SSSR count). The summed E-state index contributed by atoms with van der Waals surface area (Å²) in [6, 6.07) is 5.73. The molecule has 87 valence electrons. The van der Waals surface area contributed by atoms with Gasteiger partial charge in [0.05, 0.1) is 0 Å². The van der Waals surface area contributed by atoms with Crippen LogP contribution >= 0.6 is 23.2 Å². The second-order valence-electron chi connectivity index (χ2n) is 4.08. The van der Waals surface area contributed by atoms with Gasteiger partial charge in [-0.05, 0) is 36.7 Å². The standard InChI is InChI=1S/C12H15Cl2N2/c13-11-6-10(7-12(14)8-11)9-16-4-1-2-15-3-5-16/h6-8H,1-5,9H2.